The van der Waals surface area contributed by atoms with Crippen LogP contribution in [0.25, 0.3) is 0 Å². The molecule has 1 aromatic carbocycles. The normalized spacial score (nSPS) is 10.6. The lowest BCUT2D eigenvalue weighted by Gasteiger charge is -2.21. The van der Waals surface area contributed by atoms with Gasteiger partial charge in [-0.25, -0.2) is 0 Å². The molecule has 4 heteroatoms. The predicted molar refractivity (Wildman–Crippen MR) is 71.5 cm³/mol. The highest BCUT2D eigenvalue weighted by Gasteiger charge is 2.19. The molecule has 0 spiro atoms. The van der Waals surface area contributed by atoms with Gasteiger partial charge in [-0.2, -0.15) is 0 Å². The van der Waals surface area contributed by atoms with Crippen molar-refractivity contribution in [3.05, 3.63) is 28.8 Å². The highest BCUT2D eigenvalue weighted by Crippen LogP contribution is 2.37. The van der Waals surface area contributed by atoms with Gasteiger partial charge in [0.2, 0.25) is 0 Å². The summed E-state index contributed by atoms with van der Waals surface area (Å²) in [5.41, 5.74) is 0.913. The van der Waals surface area contributed by atoms with Gasteiger partial charge >= 0.3 is 0 Å². The van der Waals surface area contributed by atoms with E-state index in [-0.39, 0.29) is 29.2 Å². The Bertz CT molecular complexity index is 523. The maximum Gasteiger partial charge on any atom is 0.168 e. The number of hydrogen-bond donors (Lipinski definition) is 2. The van der Waals surface area contributed by atoms with Crippen molar-refractivity contribution in [2.24, 2.45) is 5.92 Å². The smallest absolute Gasteiger partial charge is 0.168 e. The predicted octanol–water partition coefficient (Wildman–Crippen LogP) is 2.52. The summed E-state index contributed by atoms with van der Waals surface area (Å²) in [5.74, 6) is -2.13. The number of aromatic hydroxyl groups is 2. The van der Waals surface area contributed by atoms with Gasteiger partial charge in [-0.05, 0) is 25.8 Å². The van der Waals surface area contributed by atoms with Crippen molar-refractivity contribution < 1.29 is 20.1 Å². The van der Waals surface area contributed by atoms with Gasteiger partial charge in [0.15, 0.2) is 5.78 Å². The number of rotatable bonds is 4. The molecule has 19 heavy (non-hydrogen) atoms. The van der Waals surface area contributed by atoms with E-state index in [1.54, 1.807) is 19.9 Å². The summed E-state index contributed by atoms with van der Waals surface area (Å²) in [4.78, 5) is 11.9. The third kappa shape index (κ3) is 3.28. The molecule has 0 heterocycles. The first-order chi connectivity index (χ1) is 8.75. The minimum absolute atomic E-state index is 0.142. The molecule has 0 aliphatic carbocycles. The summed E-state index contributed by atoms with van der Waals surface area (Å²) >= 11 is 0. The summed E-state index contributed by atoms with van der Waals surface area (Å²) in [6.45, 7) is 7.07. The van der Waals surface area contributed by atoms with Crippen LogP contribution in [0.3, 0.4) is 0 Å². The zero-order chi connectivity index (χ0) is 14.7. The summed E-state index contributed by atoms with van der Waals surface area (Å²) in [6, 6.07) is 1.06. The van der Waals surface area contributed by atoms with Crippen molar-refractivity contribution in [2.45, 2.75) is 34.1 Å². The number of hydrogen-bond acceptors (Lipinski definition) is 4. The zero-order valence-corrected chi connectivity index (χ0v) is 11.7. The van der Waals surface area contributed by atoms with Crippen LogP contribution in [0, 0.1) is 5.92 Å². The first-order valence-corrected chi connectivity index (χ1v) is 6.18. The van der Waals surface area contributed by atoms with E-state index in [4.69, 9.17) is 0 Å². The highest BCUT2D eigenvalue weighted by molar-refractivity contribution is 6.02. The molecular formula is C15H19O4-. The summed E-state index contributed by atoms with van der Waals surface area (Å²) in [5, 5.41) is 31.6. The molecule has 104 valence electrons. The molecule has 0 atom stereocenters. The number of ketones is 1. The lowest BCUT2D eigenvalue weighted by molar-refractivity contribution is -0.269. The molecule has 0 amide bonds. The third-order valence-electron chi connectivity index (χ3n) is 2.83. The maximum absolute atomic E-state index is 12.2. The second-order valence-electron chi connectivity index (χ2n) is 5.10. The Balaban J connectivity index is 3.38. The molecule has 2 N–H and O–H groups in total. The molecule has 0 aliphatic rings. The quantitative estimate of drug-likeness (QED) is 0.646. The SMILES string of the molecule is CC(C)=CCc1c(O)cc(O)c(C(=O)C(C)C)c1[O-]. The lowest BCUT2D eigenvalue weighted by atomic mass is 9.95. The number of Topliss-reactive ketones (excluding diaryl/α,β-unsaturated/α-hetero) is 1. The average molecular weight is 263 g/mol. The summed E-state index contributed by atoms with van der Waals surface area (Å²) < 4.78 is 0. The van der Waals surface area contributed by atoms with Crippen molar-refractivity contribution in [1.29, 1.82) is 0 Å². The molecule has 0 saturated carbocycles. The van der Waals surface area contributed by atoms with Gasteiger partial charge in [0.05, 0.1) is 5.56 Å². The van der Waals surface area contributed by atoms with Crippen LogP contribution in [-0.2, 0) is 6.42 Å². The van der Waals surface area contributed by atoms with Crippen molar-refractivity contribution in [1.82, 2.24) is 0 Å². The fourth-order valence-corrected chi connectivity index (χ4v) is 1.70. The van der Waals surface area contributed by atoms with Crippen LogP contribution in [0.15, 0.2) is 17.7 Å². The number of allylic oxidation sites excluding steroid dienone is 2. The van der Waals surface area contributed by atoms with E-state index >= 15 is 0 Å². The number of carbonyl (C=O) groups excluding carboxylic acids is 1. The molecule has 0 unspecified atom stereocenters. The molecule has 0 aromatic heterocycles. The van der Waals surface area contributed by atoms with E-state index in [0.29, 0.717) is 0 Å². The van der Waals surface area contributed by atoms with Gasteiger partial charge in [0.25, 0.3) is 0 Å². The van der Waals surface area contributed by atoms with Crippen LogP contribution in [0.5, 0.6) is 17.2 Å². The molecule has 0 bridgehead atoms. The monoisotopic (exact) mass is 263 g/mol. The number of benzene rings is 1. The second kappa shape index (κ2) is 5.78. The van der Waals surface area contributed by atoms with E-state index in [1.165, 1.54) is 0 Å². The van der Waals surface area contributed by atoms with E-state index < -0.39 is 17.3 Å². The highest BCUT2D eigenvalue weighted by atomic mass is 16.3. The fraction of sp³-hybridized carbons (Fsp3) is 0.400. The summed E-state index contributed by atoms with van der Waals surface area (Å²) in [6.07, 6.45) is 2.03. The third-order valence-corrected chi connectivity index (χ3v) is 2.83. The van der Waals surface area contributed by atoms with Gasteiger partial charge in [0, 0.05) is 12.0 Å². The summed E-state index contributed by atoms with van der Waals surface area (Å²) in [7, 11) is 0. The molecule has 0 aliphatic heterocycles. The Morgan fingerprint density at radius 3 is 2.37 bits per heavy atom. The Labute approximate surface area is 113 Å². The van der Waals surface area contributed by atoms with Crippen LogP contribution in [-0.4, -0.2) is 16.0 Å². The Morgan fingerprint density at radius 2 is 1.89 bits per heavy atom. The van der Waals surface area contributed by atoms with E-state index in [9.17, 15) is 20.1 Å². The molecule has 0 radical (unpaired) electrons. The number of phenolic OH excluding ortho intramolecular Hbond substituents is 2. The van der Waals surface area contributed by atoms with Gasteiger partial charge in [-0.1, -0.05) is 31.2 Å². The van der Waals surface area contributed by atoms with Crippen LogP contribution >= 0.6 is 0 Å². The number of carbonyl (C=O) groups is 1. The topological polar surface area (TPSA) is 80.6 Å². The van der Waals surface area contributed by atoms with Crippen LogP contribution in [0.4, 0.5) is 0 Å². The Kier molecular flexibility index (Phi) is 4.59. The Hall–Kier alpha value is -1.97. The maximum atomic E-state index is 12.2. The van der Waals surface area contributed by atoms with Crippen LogP contribution < -0.4 is 5.11 Å². The Morgan fingerprint density at radius 1 is 1.32 bits per heavy atom. The molecule has 1 rings (SSSR count). The average Bonchev–Trinajstić information content (AvgIpc) is 2.27. The van der Waals surface area contributed by atoms with Gasteiger partial charge in [-0.3, -0.25) is 4.79 Å². The standard InChI is InChI=1S/C15H20O4/c1-8(2)5-6-10-11(16)7-12(17)13(15(10)19)14(18)9(3)4/h5,7,9,16-17,19H,6H2,1-4H3/p-1. The van der Waals surface area contributed by atoms with Gasteiger partial charge in [0.1, 0.15) is 11.5 Å². The molecule has 0 fully saturated rings. The molecule has 1 aromatic rings. The van der Waals surface area contributed by atoms with Crippen molar-refractivity contribution in [3.8, 4) is 17.2 Å². The van der Waals surface area contributed by atoms with Crippen molar-refractivity contribution >= 4 is 5.78 Å². The van der Waals surface area contributed by atoms with E-state index in [1.807, 2.05) is 13.8 Å². The first-order valence-electron chi connectivity index (χ1n) is 6.18. The molecule has 4 nitrogen and oxygen atoms in total. The largest absolute Gasteiger partial charge is 0.872 e. The first kappa shape index (κ1) is 15.1. The minimum atomic E-state index is -0.589. The van der Waals surface area contributed by atoms with Gasteiger partial charge in [-0.15, -0.1) is 0 Å². The lowest BCUT2D eigenvalue weighted by Crippen LogP contribution is -2.13. The fourth-order valence-electron chi connectivity index (χ4n) is 1.70. The second-order valence-corrected chi connectivity index (χ2v) is 5.10. The van der Waals surface area contributed by atoms with Crippen LogP contribution in [0.1, 0.15) is 43.6 Å². The van der Waals surface area contributed by atoms with Crippen molar-refractivity contribution in [2.75, 3.05) is 0 Å². The minimum Gasteiger partial charge on any atom is -0.872 e. The van der Waals surface area contributed by atoms with E-state index in [0.717, 1.165) is 11.6 Å². The molecular weight excluding hydrogens is 244 g/mol. The number of phenols is 2. The van der Waals surface area contributed by atoms with Crippen molar-refractivity contribution in [3.63, 3.8) is 0 Å². The van der Waals surface area contributed by atoms with Gasteiger partial charge < -0.3 is 15.3 Å². The zero-order valence-electron chi connectivity index (χ0n) is 11.7. The van der Waals surface area contributed by atoms with E-state index in [2.05, 4.69) is 0 Å². The molecule has 0 saturated heterocycles. The van der Waals surface area contributed by atoms with Crippen LogP contribution in [0.2, 0.25) is 0 Å².